The van der Waals surface area contributed by atoms with E-state index in [1.54, 1.807) is 36.4 Å². The third kappa shape index (κ3) is 6.55. The van der Waals surface area contributed by atoms with Crippen molar-refractivity contribution in [1.82, 2.24) is 5.32 Å². The first-order valence-corrected chi connectivity index (χ1v) is 9.02. The van der Waals surface area contributed by atoms with Crippen molar-refractivity contribution in [3.63, 3.8) is 0 Å². The quantitative estimate of drug-likeness (QED) is 0.628. The first-order valence-electron chi connectivity index (χ1n) is 9.02. The van der Waals surface area contributed by atoms with Gasteiger partial charge in [-0.1, -0.05) is 32.0 Å². The summed E-state index contributed by atoms with van der Waals surface area (Å²) in [4.78, 5) is 25.3. The molecular formula is C21H28ClN3O3. The van der Waals surface area contributed by atoms with Crippen molar-refractivity contribution < 1.29 is 14.3 Å². The zero-order valence-corrected chi connectivity index (χ0v) is 17.2. The average molecular weight is 406 g/mol. The molecule has 1 unspecified atom stereocenters. The number of carbonyl (C=O) groups is 2. The topological polar surface area (TPSA) is 93.5 Å². The van der Waals surface area contributed by atoms with Crippen molar-refractivity contribution in [1.29, 1.82) is 0 Å². The van der Waals surface area contributed by atoms with Gasteiger partial charge in [-0.05, 0) is 48.7 Å². The van der Waals surface area contributed by atoms with E-state index in [-0.39, 0.29) is 30.1 Å². The Morgan fingerprint density at radius 3 is 2.29 bits per heavy atom. The van der Waals surface area contributed by atoms with Gasteiger partial charge in [0.15, 0.2) is 0 Å². The van der Waals surface area contributed by atoms with Gasteiger partial charge >= 0.3 is 0 Å². The fourth-order valence-electron chi connectivity index (χ4n) is 2.61. The molecule has 0 spiro atoms. The van der Waals surface area contributed by atoms with Gasteiger partial charge in [-0.3, -0.25) is 9.59 Å². The van der Waals surface area contributed by atoms with Gasteiger partial charge in [0.2, 0.25) is 5.91 Å². The molecule has 0 aliphatic rings. The van der Waals surface area contributed by atoms with Crippen molar-refractivity contribution in [3.8, 4) is 5.75 Å². The number of nitrogens with one attached hydrogen (secondary N) is 2. The molecule has 7 heteroatoms. The van der Waals surface area contributed by atoms with Crippen molar-refractivity contribution in [2.45, 2.75) is 26.8 Å². The molecule has 0 saturated carbocycles. The number of anilines is 1. The lowest BCUT2D eigenvalue weighted by Crippen LogP contribution is -2.47. The van der Waals surface area contributed by atoms with E-state index in [9.17, 15) is 9.59 Å². The van der Waals surface area contributed by atoms with E-state index in [2.05, 4.69) is 10.6 Å². The summed E-state index contributed by atoms with van der Waals surface area (Å²) >= 11 is 0. The molecule has 0 fully saturated rings. The van der Waals surface area contributed by atoms with E-state index in [0.717, 1.165) is 5.56 Å². The van der Waals surface area contributed by atoms with Crippen molar-refractivity contribution in [2.75, 3.05) is 18.5 Å². The van der Waals surface area contributed by atoms with Gasteiger partial charge in [-0.2, -0.15) is 0 Å². The molecule has 0 radical (unpaired) electrons. The third-order valence-electron chi connectivity index (χ3n) is 4.13. The average Bonchev–Trinajstić information content (AvgIpc) is 2.65. The number of hydrogen-bond acceptors (Lipinski definition) is 4. The van der Waals surface area contributed by atoms with E-state index in [1.807, 2.05) is 32.9 Å². The molecule has 2 rings (SSSR count). The normalized spacial score (nSPS) is 11.3. The van der Waals surface area contributed by atoms with Crippen LogP contribution < -0.4 is 21.1 Å². The molecule has 0 aromatic heterocycles. The number of amides is 2. The minimum Gasteiger partial charge on any atom is -0.492 e. The first kappa shape index (κ1) is 23.5. The Hall–Kier alpha value is -2.57. The van der Waals surface area contributed by atoms with Crippen LogP contribution in [0.15, 0.2) is 48.5 Å². The maximum Gasteiger partial charge on any atom is 0.252 e. The van der Waals surface area contributed by atoms with E-state index < -0.39 is 6.04 Å². The lowest BCUT2D eigenvalue weighted by atomic mass is 10.0. The Bertz CT molecular complexity index is 779. The predicted octanol–water partition coefficient (Wildman–Crippen LogP) is 3.15. The summed E-state index contributed by atoms with van der Waals surface area (Å²) in [5.41, 5.74) is 7.48. The van der Waals surface area contributed by atoms with Crippen molar-refractivity contribution >= 4 is 29.9 Å². The number of hydrogen-bond donors (Lipinski definition) is 3. The van der Waals surface area contributed by atoms with Crippen LogP contribution in [0.1, 0.15) is 29.8 Å². The monoisotopic (exact) mass is 405 g/mol. The van der Waals surface area contributed by atoms with Gasteiger partial charge in [0, 0.05) is 17.8 Å². The van der Waals surface area contributed by atoms with Gasteiger partial charge in [-0.25, -0.2) is 0 Å². The second-order valence-corrected chi connectivity index (χ2v) is 6.66. The van der Waals surface area contributed by atoms with Crippen LogP contribution in [0.25, 0.3) is 0 Å². The summed E-state index contributed by atoms with van der Waals surface area (Å²) in [6.45, 7) is 6.53. The van der Waals surface area contributed by atoms with Gasteiger partial charge < -0.3 is 21.1 Å². The van der Waals surface area contributed by atoms with Crippen LogP contribution in [0.3, 0.4) is 0 Å². The fourth-order valence-corrected chi connectivity index (χ4v) is 2.61. The van der Waals surface area contributed by atoms with Crippen molar-refractivity contribution in [2.24, 2.45) is 11.7 Å². The highest BCUT2D eigenvalue weighted by Gasteiger charge is 2.25. The predicted molar refractivity (Wildman–Crippen MR) is 114 cm³/mol. The molecule has 0 heterocycles. The van der Waals surface area contributed by atoms with Gasteiger partial charge in [0.05, 0.1) is 0 Å². The van der Waals surface area contributed by atoms with Crippen LogP contribution in [0.4, 0.5) is 5.69 Å². The zero-order valence-electron chi connectivity index (χ0n) is 16.4. The molecule has 1 atom stereocenters. The lowest BCUT2D eigenvalue weighted by Gasteiger charge is -2.22. The molecule has 152 valence electrons. The van der Waals surface area contributed by atoms with Crippen LogP contribution in [-0.2, 0) is 4.79 Å². The van der Waals surface area contributed by atoms with Gasteiger partial charge in [0.25, 0.3) is 5.91 Å². The van der Waals surface area contributed by atoms with Crippen LogP contribution in [0.5, 0.6) is 5.75 Å². The second-order valence-electron chi connectivity index (χ2n) is 6.66. The number of halogens is 1. The van der Waals surface area contributed by atoms with Crippen LogP contribution >= 0.6 is 12.4 Å². The van der Waals surface area contributed by atoms with Gasteiger partial charge in [-0.15, -0.1) is 12.4 Å². The zero-order chi connectivity index (χ0) is 19.8. The van der Waals surface area contributed by atoms with E-state index in [0.29, 0.717) is 30.2 Å². The number of ether oxygens (including phenoxy) is 1. The number of nitrogens with two attached hydrogens (primary N) is 1. The second kappa shape index (κ2) is 11.3. The maximum atomic E-state index is 12.7. The Labute approximate surface area is 172 Å². The Kier molecular flexibility index (Phi) is 9.48. The standard InChI is InChI=1S/C21H27N3O3.ClH/c1-14(2)19(24-20(25)18-7-5-4-6-15(18)3)21(26)23-16-8-10-17(11-9-16)27-13-12-22;/h4-11,14,19H,12-13,22H2,1-3H3,(H,23,26)(H,24,25);1H. The summed E-state index contributed by atoms with van der Waals surface area (Å²) in [5, 5.41) is 5.69. The molecular weight excluding hydrogens is 378 g/mol. The number of rotatable bonds is 8. The summed E-state index contributed by atoms with van der Waals surface area (Å²) in [7, 11) is 0. The SMILES string of the molecule is Cc1ccccc1C(=O)NC(C(=O)Nc1ccc(OCCN)cc1)C(C)C.Cl. The molecule has 2 aromatic carbocycles. The highest BCUT2D eigenvalue weighted by atomic mass is 35.5. The summed E-state index contributed by atoms with van der Waals surface area (Å²) in [5.74, 6) is 0.104. The van der Waals surface area contributed by atoms with E-state index in [4.69, 9.17) is 10.5 Å². The van der Waals surface area contributed by atoms with Crippen LogP contribution in [0, 0.1) is 12.8 Å². The lowest BCUT2D eigenvalue weighted by molar-refractivity contribution is -0.118. The Morgan fingerprint density at radius 2 is 1.71 bits per heavy atom. The Balaban J connectivity index is 0.00000392. The number of aryl methyl sites for hydroxylation is 1. The van der Waals surface area contributed by atoms with Crippen LogP contribution in [-0.4, -0.2) is 31.0 Å². The molecule has 2 aromatic rings. The van der Waals surface area contributed by atoms with E-state index >= 15 is 0 Å². The third-order valence-corrected chi connectivity index (χ3v) is 4.13. The summed E-state index contributed by atoms with van der Waals surface area (Å²) < 4.78 is 5.42. The highest BCUT2D eigenvalue weighted by molar-refractivity contribution is 6.01. The van der Waals surface area contributed by atoms with Crippen molar-refractivity contribution in [3.05, 3.63) is 59.7 Å². The minimum absolute atomic E-state index is 0. The molecule has 0 aliphatic heterocycles. The summed E-state index contributed by atoms with van der Waals surface area (Å²) in [6, 6.07) is 13.7. The highest BCUT2D eigenvalue weighted by Crippen LogP contribution is 2.17. The number of benzene rings is 2. The molecule has 4 N–H and O–H groups in total. The van der Waals surface area contributed by atoms with Gasteiger partial charge in [0.1, 0.15) is 18.4 Å². The Morgan fingerprint density at radius 1 is 1.07 bits per heavy atom. The molecule has 0 bridgehead atoms. The largest absolute Gasteiger partial charge is 0.492 e. The number of carbonyl (C=O) groups excluding carboxylic acids is 2. The first-order chi connectivity index (χ1) is 12.9. The fraction of sp³-hybridized carbons (Fsp3) is 0.333. The van der Waals surface area contributed by atoms with Crippen LogP contribution in [0.2, 0.25) is 0 Å². The molecule has 2 amide bonds. The molecule has 0 aliphatic carbocycles. The minimum atomic E-state index is -0.648. The van der Waals surface area contributed by atoms with E-state index in [1.165, 1.54) is 0 Å². The molecule has 0 saturated heterocycles. The maximum absolute atomic E-state index is 12.7. The summed E-state index contributed by atoms with van der Waals surface area (Å²) in [6.07, 6.45) is 0. The molecule has 6 nitrogen and oxygen atoms in total. The molecule has 28 heavy (non-hydrogen) atoms. The smallest absolute Gasteiger partial charge is 0.252 e.